The lowest BCUT2D eigenvalue weighted by Crippen LogP contribution is -1.99. The predicted molar refractivity (Wildman–Crippen MR) is 98.5 cm³/mol. The number of hydrogen-bond acceptors (Lipinski definition) is 3. The summed E-state index contributed by atoms with van der Waals surface area (Å²) in [6.07, 6.45) is 1.77. The summed E-state index contributed by atoms with van der Waals surface area (Å²) in [5, 5.41) is 10.0. The zero-order valence-corrected chi connectivity index (χ0v) is 14.9. The van der Waals surface area contributed by atoms with E-state index in [4.69, 9.17) is 21.1 Å². The molecule has 0 unspecified atom stereocenters. The molecule has 3 nitrogen and oxygen atoms in total. The maximum atomic E-state index is 9.50. The van der Waals surface area contributed by atoms with Crippen LogP contribution in [0.2, 0.25) is 5.02 Å². The summed E-state index contributed by atoms with van der Waals surface area (Å²) in [5.74, 6) is 1.23. The van der Waals surface area contributed by atoms with Crippen molar-refractivity contribution in [1.29, 1.82) is 5.26 Å². The third-order valence-electron chi connectivity index (χ3n) is 3.45. The third-order valence-corrected chi connectivity index (χ3v) is 3.77. The fraction of sp³-hybridized carbons (Fsp3) is 0.250. The molecule has 0 spiro atoms. The molecule has 0 bridgehead atoms. The normalized spacial score (nSPS) is 11.0. The van der Waals surface area contributed by atoms with Crippen molar-refractivity contribution < 1.29 is 9.47 Å². The highest BCUT2D eigenvalue weighted by atomic mass is 35.5. The van der Waals surface area contributed by atoms with Crippen molar-refractivity contribution >= 4 is 23.3 Å². The van der Waals surface area contributed by atoms with Gasteiger partial charge in [-0.3, -0.25) is 0 Å². The van der Waals surface area contributed by atoms with Gasteiger partial charge in [-0.05, 0) is 44.0 Å². The van der Waals surface area contributed by atoms with Gasteiger partial charge in [-0.25, -0.2) is 0 Å². The Labute approximate surface area is 148 Å². The molecule has 0 amide bonds. The molecule has 4 heteroatoms. The number of allylic oxidation sites excluding steroid dienone is 1. The maximum absolute atomic E-state index is 9.50. The van der Waals surface area contributed by atoms with Crippen LogP contribution in [-0.4, -0.2) is 13.2 Å². The first-order valence-corrected chi connectivity index (χ1v) is 8.24. The van der Waals surface area contributed by atoms with Crippen LogP contribution in [0.25, 0.3) is 11.6 Å². The average molecular weight is 342 g/mol. The summed E-state index contributed by atoms with van der Waals surface area (Å²) >= 11 is 6.36. The van der Waals surface area contributed by atoms with E-state index in [9.17, 15) is 5.26 Å². The Morgan fingerprint density at radius 2 is 1.67 bits per heavy atom. The first-order valence-electron chi connectivity index (χ1n) is 7.87. The lowest BCUT2D eigenvalue weighted by Gasteiger charge is -2.13. The van der Waals surface area contributed by atoms with E-state index >= 15 is 0 Å². The van der Waals surface area contributed by atoms with Crippen molar-refractivity contribution in [2.24, 2.45) is 0 Å². The van der Waals surface area contributed by atoms with Gasteiger partial charge in [0.25, 0.3) is 0 Å². The SMILES string of the molecule is CCOc1cc(Cl)c(/C=C(/C#N)c2ccc(C)cc2)cc1OCC. The molecule has 0 saturated carbocycles. The largest absolute Gasteiger partial charge is 0.490 e. The van der Waals surface area contributed by atoms with E-state index in [-0.39, 0.29) is 0 Å². The zero-order chi connectivity index (χ0) is 17.5. The number of nitrogens with zero attached hydrogens (tertiary/aromatic N) is 1. The maximum Gasteiger partial charge on any atom is 0.162 e. The molecule has 0 aliphatic carbocycles. The Morgan fingerprint density at radius 1 is 1.08 bits per heavy atom. The second kappa shape index (κ2) is 8.42. The minimum atomic E-state index is 0.516. The van der Waals surface area contributed by atoms with Gasteiger partial charge in [0, 0.05) is 6.07 Å². The molecule has 0 N–H and O–H groups in total. The molecule has 2 aromatic carbocycles. The van der Waals surface area contributed by atoms with E-state index in [1.54, 1.807) is 12.1 Å². The van der Waals surface area contributed by atoms with E-state index in [1.807, 2.05) is 51.1 Å². The molecule has 2 rings (SSSR count). The van der Waals surface area contributed by atoms with Crippen molar-refractivity contribution in [1.82, 2.24) is 0 Å². The van der Waals surface area contributed by atoms with Crippen molar-refractivity contribution in [2.75, 3.05) is 13.2 Å². The zero-order valence-electron chi connectivity index (χ0n) is 14.1. The Bertz CT molecular complexity index is 773. The van der Waals surface area contributed by atoms with Crippen LogP contribution in [-0.2, 0) is 0 Å². The molecule has 0 aliphatic rings. The molecular weight excluding hydrogens is 322 g/mol. The number of aryl methyl sites for hydroxylation is 1. The molecule has 0 heterocycles. The lowest BCUT2D eigenvalue weighted by atomic mass is 10.0. The third kappa shape index (κ3) is 4.31. The van der Waals surface area contributed by atoms with Gasteiger partial charge in [-0.15, -0.1) is 0 Å². The van der Waals surface area contributed by atoms with Crippen molar-refractivity contribution in [3.8, 4) is 17.6 Å². The summed E-state index contributed by atoms with van der Waals surface area (Å²) < 4.78 is 11.2. The smallest absolute Gasteiger partial charge is 0.162 e. The van der Waals surface area contributed by atoms with Gasteiger partial charge in [0.15, 0.2) is 11.5 Å². The van der Waals surface area contributed by atoms with E-state index in [2.05, 4.69) is 6.07 Å². The van der Waals surface area contributed by atoms with Gasteiger partial charge in [0.1, 0.15) is 0 Å². The van der Waals surface area contributed by atoms with Crippen LogP contribution in [0.3, 0.4) is 0 Å². The van der Waals surface area contributed by atoms with E-state index in [0.717, 1.165) is 16.7 Å². The van der Waals surface area contributed by atoms with Crippen LogP contribution in [0.4, 0.5) is 0 Å². The Morgan fingerprint density at radius 3 is 2.21 bits per heavy atom. The fourth-order valence-corrected chi connectivity index (χ4v) is 2.48. The number of halogens is 1. The molecular formula is C20H20ClNO2. The summed E-state index contributed by atoms with van der Waals surface area (Å²) in [7, 11) is 0. The van der Waals surface area contributed by atoms with E-state index < -0.39 is 0 Å². The van der Waals surface area contributed by atoms with Crippen molar-refractivity contribution in [3.63, 3.8) is 0 Å². The van der Waals surface area contributed by atoms with E-state index in [0.29, 0.717) is 35.3 Å². The Kier molecular flexibility index (Phi) is 6.28. The fourth-order valence-electron chi connectivity index (χ4n) is 2.27. The monoisotopic (exact) mass is 341 g/mol. The Balaban J connectivity index is 2.47. The standard InChI is InChI=1S/C20H20ClNO2/c1-4-23-19-11-16(18(21)12-20(19)24-5-2)10-17(13-22)15-8-6-14(3)7-9-15/h6-12H,4-5H2,1-3H3/b17-10-. The summed E-state index contributed by atoms with van der Waals surface area (Å²) in [6, 6.07) is 13.6. The summed E-state index contributed by atoms with van der Waals surface area (Å²) in [4.78, 5) is 0. The molecule has 0 aromatic heterocycles. The highest BCUT2D eigenvalue weighted by Gasteiger charge is 2.11. The average Bonchev–Trinajstić information content (AvgIpc) is 2.57. The second-order valence-electron chi connectivity index (χ2n) is 5.22. The molecule has 0 fully saturated rings. The highest BCUT2D eigenvalue weighted by molar-refractivity contribution is 6.32. The number of nitriles is 1. The number of ether oxygens (including phenoxy) is 2. The summed E-state index contributed by atoms with van der Waals surface area (Å²) in [5.41, 5.74) is 3.27. The van der Waals surface area contributed by atoms with Gasteiger partial charge in [0.05, 0.1) is 29.9 Å². The quantitative estimate of drug-likeness (QED) is 0.514. The second-order valence-corrected chi connectivity index (χ2v) is 5.63. The van der Waals surface area contributed by atoms with Crippen molar-refractivity contribution in [3.05, 3.63) is 58.1 Å². The first-order chi connectivity index (χ1) is 11.6. The predicted octanol–water partition coefficient (Wildman–Crippen LogP) is 5.51. The molecule has 24 heavy (non-hydrogen) atoms. The van der Waals surface area contributed by atoms with Crippen LogP contribution in [0.5, 0.6) is 11.5 Å². The van der Waals surface area contributed by atoms with Crippen LogP contribution in [0.1, 0.15) is 30.5 Å². The van der Waals surface area contributed by atoms with Crippen LogP contribution in [0, 0.1) is 18.3 Å². The first kappa shape index (κ1) is 17.9. The molecule has 0 saturated heterocycles. The lowest BCUT2D eigenvalue weighted by molar-refractivity contribution is 0.288. The van der Waals surface area contributed by atoms with Crippen LogP contribution < -0.4 is 9.47 Å². The van der Waals surface area contributed by atoms with Crippen LogP contribution in [0.15, 0.2) is 36.4 Å². The van der Waals surface area contributed by atoms with Gasteiger partial charge in [-0.1, -0.05) is 41.4 Å². The molecule has 124 valence electrons. The molecule has 0 aliphatic heterocycles. The molecule has 0 radical (unpaired) electrons. The van der Waals surface area contributed by atoms with Gasteiger partial charge in [0.2, 0.25) is 0 Å². The number of rotatable bonds is 6. The van der Waals surface area contributed by atoms with Crippen molar-refractivity contribution in [2.45, 2.75) is 20.8 Å². The van der Waals surface area contributed by atoms with E-state index in [1.165, 1.54) is 0 Å². The number of benzene rings is 2. The minimum Gasteiger partial charge on any atom is -0.490 e. The Hall–Kier alpha value is -2.44. The van der Waals surface area contributed by atoms with Crippen LogP contribution >= 0.6 is 11.6 Å². The van der Waals surface area contributed by atoms with Gasteiger partial charge < -0.3 is 9.47 Å². The topological polar surface area (TPSA) is 42.2 Å². The highest BCUT2D eigenvalue weighted by Crippen LogP contribution is 2.35. The number of hydrogen-bond donors (Lipinski definition) is 0. The van der Waals surface area contributed by atoms with Gasteiger partial charge in [-0.2, -0.15) is 5.26 Å². The minimum absolute atomic E-state index is 0.516. The molecule has 0 atom stereocenters. The molecule has 2 aromatic rings. The van der Waals surface area contributed by atoms with Gasteiger partial charge >= 0.3 is 0 Å². The summed E-state index contributed by atoms with van der Waals surface area (Å²) in [6.45, 7) is 6.87.